The number of benzene rings is 2. The first-order valence-electron chi connectivity index (χ1n) is 9.11. The molecule has 2 aromatic carbocycles. The quantitative estimate of drug-likeness (QED) is 0.603. The summed E-state index contributed by atoms with van der Waals surface area (Å²) in [6.07, 6.45) is 3.56. The monoisotopic (exact) mass is 372 g/mol. The smallest absolute Gasteiger partial charge is 0.245 e. The first-order valence-corrected chi connectivity index (χ1v) is 9.11. The van der Waals surface area contributed by atoms with Crippen molar-refractivity contribution in [1.82, 2.24) is 10.2 Å². The molecule has 5 nitrogen and oxygen atoms in total. The Morgan fingerprint density at radius 3 is 2.54 bits per heavy atom. The molecule has 1 heterocycles. The van der Waals surface area contributed by atoms with E-state index in [1.165, 1.54) is 0 Å². The van der Waals surface area contributed by atoms with E-state index in [0.717, 1.165) is 22.3 Å². The Hall–Kier alpha value is -3.36. The van der Waals surface area contributed by atoms with Crippen molar-refractivity contribution in [2.75, 3.05) is 5.32 Å². The van der Waals surface area contributed by atoms with Gasteiger partial charge in [0.1, 0.15) is 6.04 Å². The summed E-state index contributed by atoms with van der Waals surface area (Å²) >= 11 is 0. The number of nitrogens with zero attached hydrogens (tertiary/aromatic N) is 1. The highest BCUT2D eigenvalue weighted by Crippen LogP contribution is 2.21. The van der Waals surface area contributed by atoms with Crippen LogP contribution in [0.5, 0.6) is 0 Å². The molecule has 28 heavy (non-hydrogen) atoms. The van der Waals surface area contributed by atoms with Gasteiger partial charge in [0, 0.05) is 28.4 Å². The Balaban J connectivity index is 1.69. The molecule has 1 aromatic heterocycles. The maximum absolute atomic E-state index is 12.6. The number of carbonyl (C=O) groups excluding carboxylic acids is 1. The van der Waals surface area contributed by atoms with Gasteiger partial charge in [0.15, 0.2) is 0 Å². The lowest BCUT2D eigenvalue weighted by Gasteiger charge is -2.13. The van der Waals surface area contributed by atoms with Gasteiger partial charge in [-0.15, -0.1) is 0 Å². The Morgan fingerprint density at radius 2 is 1.89 bits per heavy atom. The van der Waals surface area contributed by atoms with Crippen LogP contribution in [0.25, 0.3) is 11.1 Å². The van der Waals surface area contributed by atoms with Crippen LogP contribution < -0.4 is 11.1 Å². The number of nitrogens with one attached hydrogen (secondary N) is 2. The Morgan fingerprint density at radius 1 is 1.14 bits per heavy atom. The lowest BCUT2D eigenvalue weighted by molar-refractivity contribution is -0.117. The van der Waals surface area contributed by atoms with Crippen LogP contribution in [0.4, 0.5) is 5.69 Å². The second-order valence-electron chi connectivity index (χ2n) is 7.66. The molecule has 142 valence electrons. The maximum Gasteiger partial charge on any atom is 0.245 e. The number of H-pyrrole nitrogens is 1. The van der Waals surface area contributed by atoms with Gasteiger partial charge in [-0.1, -0.05) is 42.2 Å². The Kier molecular flexibility index (Phi) is 5.62. The molecule has 5 heteroatoms. The predicted molar refractivity (Wildman–Crippen MR) is 112 cm³/mol. The minimum absolute atomic E-state index is 0.0791. The molecule has 0 fully saturated rings. The normalized spacial score (nSPS) is 12.0. The van der Waals surface area contributed by atoms with Crippen molar-refractivity contribution in [2.24, 2.45) is 11.1 Å². The molecule has 1 atom stereocenters. The van der Waals surface area contributed by atoms with Gasteiger partial charge in [0.05, 0.1) is 6.20 Å². The van der Waals surface area contributed by atoms with Crippen LogP contribution in [0.2, 0.25) is 0 Å². The predicted octanol–water partition coefficient (Wildman–Crippen LogP) is 4.11. The number of hydrogen-bond acceptors (Lipinski definition) is 3. The van der Waals surface area contributed by atoms with E-state index in [2.05, 4.69) is 48.1 Å². The number of aromatic amines is 1. The van der Waals surface area contributed by atoms with Crippen molar-refractivity contribution < 1.29 is 4.79 Å². The highest BCUT2D eigenvalue weighted by Gasteiger charge is 2.16. The van der Waals surface area contributed by atoms with Crippen LogP contribution in [0.3, 0.4) is 0 Å². The molecule has 1 amide bonds. The largest absolute Gasteiger partial charge is 0.324 e. The Bertz CT molecular complexity index is 1000. The number of amides is 1. The van der Waals surface area contributed by atoms with E-state index in [-0.39, 0.29) is 11.3 Å². The van der Waals surface area contributed by atoms with Crippen molar-refractivity contribution in [2.45, 2.75) is 26.8 Å². The summed E-state index contributed by atoms with van der Waals surface area (Å²) in [5.41, 5.74) is 10.3. The maximum atomic E-state index is 12.6. The molecular formula is C23H24N4O. The van der Waals surface area contributed by atoms with E-state index >= 15 is 0 Å². The molecule has 0 radical (unpaired) electrons. The molecule has 4 N–H and O–H groups in total. The van der Waals surface area contributed by atoms with Gasteiger partial charge in [-0.25, -0.2) is 0 Å². The SMILES string of the molecule is CC(C)(C)C#Cc1cccc(NC(=O)C(N)c2ccc(-c3cn[nH]c3)cc2)c1. The molecule has 0 aliphatic carbocycles. The fourth-order valence-electron chi connectivity index (χ4n) is 2.60. The third-order valence-electron chi connectivity index (χ3n) is 4.10. The summed E-state index contributed by atoms with van der Waals surface area (Å²) in [5.74, 6) is 6.06. The average molecular weight is 372 g/mol. The Labute approximate surface area is 165 Å². The molecule has 0 saturated heterocycles. The minimum Gasteiger partial charge on any atom is -0.324 e. The number of aromatic nitrogens is 2. The zero-order valence-electron chi connectivity index (χ0n) is 16.3. The van der Waals surface area contributed by atoms with Crippen LogP contribution in [0.15, 0.2) is 60.9 Å². The topological polar surface area (TPSA) is 83.8 Å². The second kappa shape index (κ2) is 8.12. The summed E-state index contributed by atoms with van der Waals surface area (Å²) in [5, 5.41) is 9.60. The standard InChI is InChI=1S/C23H24N4O/c1-23(2,3)12-11-16-5-4-6-20(13-16)27-22(28)21(24)18-9-7-17(8-10-18)19-14-25-26-15-19/h4-10,13-15,21H,24H2,1-3H3,(H,25,26)(H,27,28). The van der Waals surface area contributed by atoms with Crippen LogP contribution in [0, 0.1) is 17.3 Å². The number of hydrogen-bond donors (Lipinski definition) is 3. The minimum atomic E-state index is -0.761. The van der Waals surface area contributed by atoms with E-state index < -0.39 is 6.04 Å². The molecule has 0 aliphatic heterocycles. The molecule has 1 unspecified atom stereocenters. The highest BCUT2D eigenvalue weighted by atomic mass is 16.2. The number of rotatable bonds is 4. The first-order chi connectivity index (χ1) is 13.3. The third-order valence-corrected chi connectivity index (χ3v) is 4.10. The molecule has 0 saturated carbocycles. The first kappa shape index (κ1) is 19.4. The van der Waals surface area contributed by atoms with Gasteiger partial charge in [0.2, 0.25) is 5.91 Å². The zero-order chi connectivity index (χ0) is 20.1. The summed E-state index contributed by atoms with van der Waals surface area (Å²) in [6, 6.07) is 14.3. The van der Waals surface area contributed by atoms with E-state index in [1.54, 1.807) is 6.20 Å². The average Bonchev–Trinajstić information content (AvgIpc) is 3.20. The van der Waals surface area contributed by atoms with Crippen molar-refractivity contribution in [3.63, 3.8) is 0 Å². The zero-order valence-corrected chi connectivity index (χ0v) is 16.3. The van der Waals surface area contributed by atoms with E-state index in [1.807, 2.05) is 54.7 Å². The van der Waals surface area contributed by atoms with Crippen molar-refractivity contribution in [3.05, 3.63) is 72.1 Å². The third kappa shape index (κ3) is 5.09. The van der Waals surface area contributed by atoms with Crippen LogP contribution >= 0.6 is 0 Å². The van der Waals surface area contributed by atoms with Gasteiger partial charge < -0.3 is 11.1 Å². The van der Waals surface area contributed by atoms with Gasteiger partial charge >= 0.3 is 0 Å². The molecule has 0 aliphatic rings. The molecule has 3 aromatic rings. The fourth-order valence-corrected chi connectivity index (χ4v) is 2.60. The number of anilines is 1. The van der Waals surface area contributed by atoms with Crippen LogP contribution in [-0.2, 0) is 4.79 Å². The molecule has 3 rings (SSSR count). The van der Waals surface area contributed by atoms with E-state index in [0.29, 0.717) is 5.69 Å². The van der Waals surface area contributed by atoms with E-state index in [4.69, 9.17) is 5.73 Å². The van der Waals surface area contributed by atoms with E-state index in [9.17, 15) is 4.79 Å². The van der Waals surface area contributed by atoms with Gasteiger partial charge in [-0.05, 0) is 50.1 Å². The van der Waals surface area contributed by atoms with Gasteiger partial charge in [-0.2, -0.15) is 5.10 Å². The van der Waals surface area contributed by atoms with Gasteiger partial charge in [0.25, 0.3) is 0 Å². The van der Waals surface area contributed by atoms with Gasteiger partial charge in [-0.3, -0.25) is 9.89 Å². The lowest BCUT2D eigenvalue weighted by atomic mass is 9.97. The summed E-state index contributed by atoms with van der Waals surface area (Å²) in [7, 11) is 0. The van der Waals surface area contributed by atoms with Crippen molar-refractivity contribution in [3.8, 4) is 23.0 Å². The van der Waals surface area contributed by atoms with Crippen molar-refractivity contribution >= 4 is 11.6 Å². The summed E-state index contributed by atoms with van der Waals surface area (Å²) < 4.78 is 0. The number of carbonyl (C=O) groups is 1. The van der Waals surface area contributed by atoms with Crippen molar-refractivity contribution in [1.29, 1.82) is 0 Å². The lowest BCUT2D eigenvalue weighted by Crippen LogP contribution is -2.27. The van der Waals surface area contributed by atoms with Crippen LogP contribution in [0.1, 0.15) is 37.9 Å². The molecule has 0 bridgehead atoms. The highest BCUT2D eigenvalue weighted by molar-refractivity contribution is 5.95. The molecule has 0 spiro atoms. The second-order valence-corrected chi connectivity index (χ2v) is 7.66. The number of nitrogens with two attached hydrogens (primary N) is 1. The fraction of sp³-hybridized carbons (Fsp3) is 0.217. The summed E-state index contributed by atoms with van der Waals surface area (Å²) in [6.45, 7) is 6.17. The molecular weight excluding hydrogens is 348 g/mol. The summed E-state index contributed by atoms with van der Waals surface area (Å²) in [4.78, 5) is 12.6. The van der Waals surface area contributed by atoms with Crippen LogP contribution in [-0.4, -0.2) is 16.1 Å².